The van der Waals surface area contributed by atoms with Gasteiger partial charge in [-0.1, -0.05) is 85.8 Å². The molecule has 0 radical (unpaired) electrons. The molecule has 10 heteroatoms. The minimum Gasteiger partial charge on any atom is -0.481 e. The second kappa shape index (κ2) is 14.9. The average molecular weight is 580 g/mol. The molecule has 0 fully saturated rings. The molecular formula is C31H33NO8S. The van der Waals surface area contributed by atoms with Crippen molar-refractivity contribution >= 4 is 33.5 Å². The standard InChI is InChI=1S/C31H33NO8S/c1-22(21-41(38,39)26-15-9-4-10-16-26)30(36)32-27(19-29(34)35)28(33)20-40-31(37)25(17-23-11-5-2-6-12-23)18-24-13-7-3-8-14-24/h2-16,22,25,27H,17-21H2,1H3,(H,32,36)(H,34,35). The Balaban J connectivity index is 1.65. The van der Waals surface area contributed by atoms with Crippen molar-refractivity contribution in [2.45, 2.75) is 37.1 Å². The fraction of sp³-hybridized carbons (Fsp3) is 0.290. The first-order valence-corrected chi connectivity index (χ1v) is 14.8. The van der Waals surface area contributed by atoms with Crippen molar-refractivity contribution in [2.24, 2.45) is 11.8 Å². The molecule has 0 spiro atoms. The number of carboxylic acid groups (broad SMARTS) is 1. The number of carboxylic acids is 1. The minimum atomic E-state index is -3.80. The van der Waals surface area contributed by atoms with Crippen LogP contribution in [0.3, 0.4) is 0 Å². The first-order valence-electron chi connectivity index (χ1n) is 13.1. The zero-order valence-electron chi connectivity index (χ0n) is 22.6. The van der Waals surface area contributed by atoms with Gasteiger partial charge in [-0.05, 0) is 36.1 Å². The highest BCUT2D eigenvalue weighted by Crippen LogP contribution is 2.18. The summed E-state index contributed by atoms with van der Waals surface area (Å²) in [7, 11) is -3.80. The van der Waals surface area contributed by atoms with Crippen molar-refractivity contribution in [3.63, 3.8) is 0 Å². The Bertz CT molecular complexity index is 1390. The van der Waals surface area contributed by atoms with E-state index in [1.54, 1.807) is 18.2 Å². The van der Waals surface area contributed by atoms with Crippen molar-refractivity contribution in [3.8, 4) is 0 Å². The number of hydrogen-bond donors (Lipinski definition) is 2. The third-order valence-electron chi connectivity index (χ3n) is 6.44. The second-order valence-electron chi connectivity index (χ2n) is 9.80. The maximum absolute atomic E-state index is 13.1. The van der Waals surface area contributed by atoms with E-state index in [1.165, 1.54) is 19.1 Å². The highest BCUT2D eigenvalue weighted by Gasteiger charge is 2.30. The van der Waals surface area contributed by atoms with Crippen LogP contribution in [0.5, 0.6) is 0 Å². The number of ketones is 1. The van der Waals surface area contributed by atoms with Crippen LogP contribution in [0.2, 0.25) is 0 Å². The van der Waals surface area contributed by atoms with E-state index < -0.39 is 70.1 Å². The van der Waals surface area contributed by atoms with Gasteiger partial charge in [0.05, 0.1) is 23.0 Å². The Morgan fingerprint density at radius 3 is 1.78 bits per heavy atom. The average Bonchev–Trinajstić information content (AvgIpc) is 2.96. The topological polar surface area (TPSA) is 144 Å². The second-order valence-corrected chi connectivity index (χ2v) is 11.8. The van der Waals surface area contributed by atoms with E-state index in [4.69, 9.17) is 4.74 Å². The van der Waals surface area contributed by atoms with Gasteiger partial charge in [0.2, 0.25) is 5.91 Å². The maximum atomic E-state index is 13.1. The van der Waals surface area contributed by atoms with Crippen LogP contribution >= 0.6 is 0 Å². The van der Waals surface area contributed by atoms with Crippen LogP contribution in [0.1, 0.15) is 24.5 Å². The molecule has 3 rings (SSSR count). The van der Waals surface area contributed by atoms with Gasteiger partial charge in [-0.3, -0.25) is 19.2 Å². The van der Waals surface area contributed by atoms with Crippen molar-refractivity contribution in [1.29, 1.82) is 0 Å². The summed E-state index contributed by atoms with van der Waals surface area (Å²) in [6, 6.07) is 24.8. The zero-order valence-corrected chi connectivity index (χ0v) is 23.5. The van der Waals surface area contributed by atoms with E-state index in [-0.39, 0.29) is 4.90 Å². The van der Waals surface area contributed by atoms with Gasteiger partial charge in [-0.2, -0.15) is 0 Å². The molecule has 0 aliphatic carbocycles. The van der Waals surface area contributed by atoms with E-state index in [9.17, 15) is 32.7 Å². The van der Waals surface area contributed by atoms with Gasteiger partial charge in [0.15, 0.2) is 22.2 Å². The number of ether oxygens (including phenoxy) is 1. The first-order chi connectivity index (χ1) is 19.5. The van der Waals surface area contributed by atoms with E-state index in [0.717, 1.165) is 11.1 Å². The van der Waals surface area contributed by atoms with Crippen molar-refractivity contribution in [2.75, 3.05) is 12.4 Å². The molecule has 0 bridgehead atoms. The number of Topliss-reactive ketones (excluding diaryl/α,β-unsaturated/α-hetero) is 1. The normalized spacial score (nSPS) is 12.7. The molecule has 216 valence electrons. The fourth-order valence-corrected chi connectivity index (χ4v) is 5.83. The van der Waals surface area contributed by atoms with Crippen LogP contribution in [0, 0.1) is 11.8 Å². The Kier molecular flexibility index (Phi) is 11.3. The van der Waals surface area contributed by atoms with Gasteiger partial charge in [0.1, 0.15) is 6.04 Å². The Morgan fingerprint density at radius 1 is 0.805 bits per heavy atom. The van der Waals surface area contributed by atoms with Crippen molar-refractivity contribution < 1.29 is 37.4 Å². The molecule has 0 saturated heterocycles. The molecule has 0 aromatic heterocycles. The molecule has 2 unspecified atom stereocenters. The summed E-state index contributed by atoms with van der Waals surface area (Å²) in [6.07, 6.45) is -0.0192. The maximum Gasteiger partial charge on any atom is 0.310 e. The van der Waals surface area contributed by atoms with Crippen LogP contribution < -0.4 is 5.32 Å². The van der Waals surface area contributed by atoms with Crippen LogP contribution in [-0.4, -0.2) is 55.6 Å². The quantitative estimate of drug-likeness (QED) is 0.261. The molecule has 2 N–H and O–H groups in total. The summed E-state index contributed by atoms with van der Waals surface area (Å²) in [5, 5.41) is 11.6. The summed E-state index contributed by atoms with van der Waals surface area (Å²) in [4.78, 5) is 50.2. The van der Waals surface area contributed by atoms with E-state index >= 15 is 0 Å². The molecule has 0 heterocycles. The number of amides is 1. The highest BCUT2D eigenvalue weighted by atomic mass is 32.2. The van der Waals surface area contributed by atoms with Crippen molar-refractivity contribution in [1.82, 2.24) is 5.32 Å². The van der Waals surface area contributed by atoms with E-state index in [1.807, 2.05) is 60.7 Å². The SMILES string of the molecule is CC(CS(=O)(=O)c1ccccc1)C(=O)NC(CC(=O)O)C(=O)COC(=O)C(Cc1ccccc1)Cc1ccccc1. The molecule has 9 nitrogen and oxygen atoms in total. The molecular weight excluding hydrogens is 546 g/mol. The number of nitrogens with one attached hydrogen (secondary N) is 1. The lowest BCUT2D eigenvalue weighted by Crippen LogP contribution is -2.47. The Morgan fingerprint density at radius 2 is 1.29 bits per heavy atom. The summed E-state index contributed by atoms with van der Waals surface area (Å²) in [5.41, 5.74) is 1.82. The number of sulfone groups is 1. The van der Waals surface area contributed by atoms with Crippen LogP contribution in [0.25, 0.3) is 0 Å². The van der Waals surface area contributed by atoms with Crippen molar-refractivity contribution in [3.05, 3.63) is 102 Å². The Labute approximate surface area is 239 Å². The third-order valence-corrected chi connectivity index (χ3v) is 8.37. The predicted octanol–water partition coefficient (Wildman–Crippen LogP) is 3.27. The monoisotopic (exact) mass is 579 g/mol. The van der Waals surface area contributed by atoms with Gasteiger partial charge < -0.3 is 15.2 Å². The summed E-state index contributed by atoms with van der Waals surface area (Å²) in [6.45, 7) is 0.629. The Hall–Kier alpha value is -4.31. The minimum absolute atomic E-state index is 0.0466. The van der Waals surface area contributed by atoms with Crippen LogP contribution in [0.4, 0.5) is 0 Å². The van der Waals surface area contributed by atoms with Gasteiger partial charge >= 0.3 is 11.9 Å². The third kappa shape index (κ3) is 9.99. The van der Waals surface area contributed by atoms with Crippen LogP contribution in [-0.2, 0) is 46.6 Å². The summed E-state index contributed by atoms with van der Waals surface area (Å²) in [5.74, 6) is -5.82. The van der Waals surface area contributed by atoms with E-state index in [0.29, 0.717) is 12.8 Å². The lowest BCUT2D eigenvalue weighted by Gasteiger charge is -2.20. The molecule has 3 aromatic carbocycles. The van der Waals surface area contributed by atoms with Gasteiger partial charge in [0.25, 0.3) is 0 Å². The van der Waals surface area contributed by atoms with Crippen LogP contribution in [0.15, 0.2) is 95.9 Å². The largest absolute Gasteiger partial charge is 0.481 e. The molecule has 0 aliphatic rings. The smallest absolute Gasteiger partial charge is 0.310 e. The lowest BCUT2D eigenvalue weighted by molar-refractivity contribution is -0.153. The number of benzene rings is 3. The number of aliphatic carboxylic acids is 1. The van der Waals surface area contributed by atoms with Gasteiger partial charge in [0, 0.05) is 5.92 Å². The van der Waals surface area contributed by atoms with Gasteiger partial charge in [-0.25, -0.2) is 8.42 Å². The molecule has 2 atom stereocenters. The molecule has 0 aliphatic heterocycles. The van der Waals surface area contributed by atoms with Gasteiger partial charge in [-0.15, -0.1) is 0 Å². The molecule has 0 saturated carbocycles. The number of esters is 1. The molecule has 41 heavy (non-hydrogen) atoms. The lowest BCUT2D eigenvalue weighted by atomic mass is 9.92. The summed E-state index contributed by atoms with van der Waals surface area (Å²) < 4.78 is 30.6. The fourth-order valence-electron chi connectivity index (χ4n) is 4.26. The van der Waals surface area contributed by atoms with E-state index in [2.05, 4.69) is 5.32 Å². The molecule has 1 amide bonds. The number of rotatable bonds is 15. The predicted molar refractivity (Wildman–Crippen MR) is 152 cm³/mol. The number of carbonyl (C=O) groups is 4. The molecule has 3 aromatic rings. The zero-order chi connectivity index (χ0) is 29.8. The number of hydrogen-bond acceptors (Lipinski definition) is 7. The summed E-state index contributed by atoms with van der Waals surface area (Å²) >= 11 is 0. The highest BCUT2D eigenvalue weighted by molar-refractivity contribution is 7.91. The number of carbonyl (C=O) groups excluding carboxylic acids is 3. The first kappa shape index (κ1) is 31.2.